The highest BCUT2D eigenvalue weighted by atomic mass is 32.2. The quantitative estimate of drug-likeness (QED) is 0.834. The van der Waals surface area contributed by atoms with Gasteiger partial charge in [0.05, 0.1) is 0 Å². The summed E-state index contributed by atoms with van der Waals surface area (Å²) < 4.78 is 0. The van der Waals surface area contributed by atoms with Crippen LogP contribution in [0.25, 0.3) is 0 Å². The van der Waals surface area contributed by atoms with Crippen molar-refractivity contribution in [2.45, 2.75) is 10.1 Å². The lowest BCUT2D eigenvalue weighted by Gasteiger charge is -2.10. The molecule has 17 heavy (non-hydrogen) atoms. The van der Waals surface area contributed by atoms with Gasteiger partial charge in [-0.15, -0.1) is 11.8 Å². The number of carbonyl (C=O) groups is 1. The standard InChI is InChI=1S/C12H11N3OS/c13-11(16)10(12-14-7-4-8-15-12)17-9-5-2-1-3-6-9/h1-8,10H,(H2,13,16). The van der Waals surface area contributed by atoms with Crippen LogP contribution in [0, 0.1) is 0 Å². The molecular weight excluding hydrogens is 234 g/mol. The maximum atomic E-state index is 11.4. The average Bonchev–Trinajstić information content (AvgIpc) is 2.38. The zero-order valence-corrected chi connectivity index (χ0v) is 9.80. The van der Waals surface area contributed by atoms with E-state index in [0.29, 0.717) is 5.82 Å². The topological polar surface area (TPSA) is 68.9 Å². The highest BCUT2D eigenvalue weighted by molar-refractivity contribution is 8.00. The molecule has 86 valence electrons. The summed E-state index contributed by atoms with van der Waals surface area (Å²) in [4.78, 5) is 20.5. The normalized spacial score (nSPS) is 12.0. The molecule has 5 heteroatoms. The molecule has 0 spiro atoms. The van der Waals surface area contributed by atoms with Gasteiger partial charge in [0.25, 0.3) is 0 Å². The largest absolute Gasteiger partial charge is 0.368 e. The zero-order valence-electron chi connectivity index (χ0n) is 8.98. The summed E-state index contributed by atoms with van der Waals surface area (Å²) >= 11 is 1.35. The van der Waals surface area contributed by atoms with Crippen LogP contribution in [0.4, 0.5) is 0 Å². The van der Waals surface area contributed by atoms with Gasteiger partial charge in [0, 0.05) is 17.3 Å². The Morgan fingerprint density at radius 2 is 1.76 bits per heavy atom. The van der Waals surface area contributed by atoms with Crippen LogP contribution in [-0.2, 0) is 4.79 Å². The lowest BCUT2D eigenvalue weighted by molar-refractivity contribution is -0.117. The summed E-state index contributed by atoms with van der Waals surface area (Å²) in [7, 11) is 0. The second-order valence-electron chi connectivity index (χ2n) is 3.32. The second-order valence-corrected chi connectivity index (χ2v) is 4.50. The van der Waals surface area contributed by atoms with Crippen LogP contribution < -0.4 is 5.73 Å². The van der Waals surface area contributed by atoms with Crippen molar-refractivity contribution in [3.8, 4) is 0 Å². The minimum atomic E-state index is -0.557. The Morgan fingerprint density at radius 1 is 1.12 bits per heavy atom. The van der Waals surface area contributed by atoms with Crippen molar-refractivity contribution in [1.82, 2.24) is 9.97 Å². The van der Waals surface area contributed by atoms with E-state index in [4.69, 9.17) is 5.73 Å². The highest BCUT2D eigenvalue weighted by Gasteiger charge is 2.21. The molecule has 2 rings (SSSR count). The predicted molar refractivity (Wildman–Crippen MR) is 66.3 cm³/mol. The third kappa shape index (κ3) is 3.04. The Bertz CT molecular complexity index is 490. The summed E-state index contributed by atoms with van der Waals surface area (Å²) in [6.07, 6.45) is 3.20. The van der Waals surface area contributed by atoms with Gasteiger partial charge >= 0.3 is 0 Å². The molecule has 0 saturated carbocycles. The minimum Gasteiger partial charge on any atom is -0.368 e. The van der Waals surface area contributed by atoms with E-state index in [0.717, 1.165) is 4.90 Å². The molecule has 1 heterocycles. The Labute approximate surface area is 103 Å². The van der Waals surface area contributed by atoms with Crippen LogP contribution >= 0.6 is 11.8 Å². The number of thioether (sulfide) groups is 1. The van der Waals surface area contributed by atoms with Gasteiger partial charge in [-0.3, -0.25) is 4.79 Å². The Balaban J connectivity index is 2.23. The summed E-state index contributed by atoms with van der Waals surface area (Å²) in [5.41, 5.74) is 5.38. The van der Waals surface area contributed by atoms with Crippen molar-refractivity contribution < 1.29 is 4.79 Å². The first-order valence-electron chi connectivity index (χ1n) is 5.05. The molecule has 1 atom stereocenters. The molecular formula is C12H11N3OS. The molecule has 2 aromatic rings. The Morgan fingerprint density at radius 3 is 2.35 bits per heavy atom. The summed E-state index contributed by atoms with van der Waals surface area (Å²) in [6.45, 7) is 0. The first-order chi connectivity index (χ1) is 8.27. The molecule has 1 aromatic carbocycles. The maximum absolute atomic E-state index is 11.4. The van der Waals surface area contributed by atoms with Gasteiger partial charge in [-0.05, 0) is 18.2 Å². The molecule has 2 N–H and O–H groups in total. The monoisotopic (exact) mass is 245 g/mol. The fourth-order valence-electron chi connectivity index (χ4n) is 1.32. The van der Waals surface area contributed by atoms with Gasteiger partial charge in [0.15, 0.2) is 5.82 Å². The second kappa shape index (κ2) is 5.45. The Hall–Kier alpha value is -1.88. The van der Waals surface area contributed by atoms with E-state index < -0.39 is 11.2 Å². The molecule has 0 aliphatic carbocycles. The summed E-state index contributed by atoms with van der Waals surface area (Å²) in [5.74, 6) is -0.00101. The van der Waals surface area contributed by atoms with E-state index >= 15 is 0 Å². The number of primary amides is 1. The van der Waals surface area contributed by atoms with Crippen LogP contribution in [0.1, 0.15) is 11.1 Å². The van der Waals surface area contributed by atoms with Gasteiger partial charge in [-0.1, -0.05) is 18.2 Å². The average molecular weight is 245 g/mol. The number of nitrogens with two attached hydrogens (primary N) is 1. The van der Waals surface area contributed by atoms with Crippen molar-refractivity contribution in [3.63, 3.8) is 0 Å². The number of aromatic nitrogens is 2. The molecule has 1 aromatic heterocycles. The highest BCUT2D eigenvalue weighted by Crippen LogP contribution is 2.32. The van der Waals surface area contributed by atoms with Crippen molar-refractivity contribution in [3.05, 3.63) is 54.6 Å². The zero-order chi connectivity index (χ0) is 12.1. The minimum absolute atomic E-state index is 0.439. The van der Waals surface area contributed by atoms with Gasteiger partial charge in [-0.2, -0.15) is 0 Å². The molecule has 0 aliphatic heterocycles. The van der Waals surface area contributed by atoms with Crippen molar-refractivity contribution >= 4 is 17.7 Å². The molecule has 0 bridgehead atoms. The summed E-state index contributed by atoms with van der Waals surface area (Å²) in [5, 5.41) is -0.557. The molecule has 1 unspecified atom stereocenters. The summed E-state index contributed by atoms with van der Waals surface area (Å²) in [6, 6.07) is 11.3. The van der Waals surface area contributed by atoms with Gasteiger partial charge < -0.3 is 5.73 Å². The van der Waals surface area contributed by atoms with Crippen LogP contribution in [0.5, 0.6) is 0 Å². The lowest BCUT2D eigenvalue weighted by Crippen LogP contribution is -2.20. The number of amides is 1. The van der Waals surface area contributed by atoms with Crippen molar-refractivity contribution in [2.24, 2.45) is 5.73 Å². The van der Waals surface area contributed by atoms with E-state index in [1.54, 1.807) is 18.5 Å². The third-order valence-corrected chi connectivity index (χ3v) is 3.30. The van der Waals surface area contributed by atoms with Crippen LogP contribution in [-0.4, -0.2) is 15.9 Å². The SMILES string of the molecule is NC(=O)C(Sc1ccccc1)c1ncccn1. The van der Waals surface area contributed by atoms with E-state index in [-0.39, 0.29) is 0 Å². The third-order valence-electron chi connectivity index (χ3n) is 2.08. The maximum Gasteiger partial charge on any atom is 0.238 e. The van der Waals surface area contributed by atoms with E-state index in [2.05, 4.69) is 9.97 Å². The smallest absolute Gasteiger partial charge is 0.238 e. The van der Waals surface area contributed by atoms with Crippen LogP contribution in [0.15, 0.2) is 53.7 Å². The molecule has 0 radical (unpaired) electrons. The van der Waals surface area contributed by atoms with Crippen LogP contribution in [0.3, 0.4) is 0 Å². The molecule has 1 amide bonds. The number of carbonyl (C=O) groups excluding carboxylic acids is 1. The van der Waals surface area contributed by atoms with Crippen molar-refractivity contribution in [2.75, 3.05) is 0 Å². The number of rotatable bonds is 4. The van der Waals surface area contributed by atoms with Crippen molar-refractivity contribution in [1.29, 1.82) is 0 Å². The Kier molecular flexibility index (Phi) is 3.72. The van der Waals surface area contributed by atoms with Gasteiger partial charge in [0.1, 0.15) is 5.25 Å². The van der Waals surface area contributed by atoms with E-state index in [9.17, 15) is 4.79 Å². The first kappa shape index (κ1) is 11.6. The molecule has 0 fully saturated rings. The number of hydrogen-bond donors (Lipinski definition) is 1. The molecule has 4 nitrogen and oxygen atoms in total. The fourth-order valence-corrected chi connectivity index (χ4v) is 2.25. The predicted octanol–water partition coefficient (Wildman–Crippen LogP) is 1.80. The van der Waals surface area contributed by atoms with Gasteiger partial charge in [-0.25, -0.2) is 9.97 Å². The lowest BCUT2D eigenvalue weighted by atomic mass is 10.3. The first-order valence-corrected chi connectivity index (χ1v) is 5.93. The molecule has 0 aliphatic rings. The number of hydrogen-bond acceptors (Lipinski definition) is 4. The van der Waals surface area contributed by atoms with Crippen LogP contribution in [0.2, 0.25) is 0 Å². The molecule has 0 saturated heterocycles. The number of benzene rings is 1. The fraction of sp³-hybridized carbons (Fsp3) is 0.0833. The van der Waals surface area contributed by atoms with Gasteiger partial charge in [0.2, 0.25) is 5.91 Å². The number of nitrogens with zero attached hydrogens (tertiary/aromatic N) is 2. The van der Waals surface area contributed by atoms with E-state index in [1.807, 2.05) is 30.3 Å². The van der Waals surface area contributed by atoms with E-state index in [1.165, 1.54) is 11.8 Å².